The van der Waals surface area contributed by atoms with E-state index in [4.69, 9.17) is 0 Å². The minimum absolute atomic E-state index is 0.323. The molecule has 106 valence electrons. The number of anilines is 1. The zero-order valence-electron chi connectivity index (χ0n) is 11.4. The fourth-order valence-electron chi connectivity index (χ4n) is 2.17. The third-order valence-electron chi connectivity index (χ3n) is 3.12. The van der Waals surface area contributed by atoms with Gasteiger partial charge in [-0.2, -0.15) is 0 Å². The summed E-state index contributed by atoms with van der Waals surface area (Å²) < 4.78 is 14.9. The maximum Gasteiger partial charge on any atom is 0.165 e. The van der Waals surface area contributed by atoms with Crippen molar-refractivity contribution in [1.29, 1.82) is 0 Å². The van der Waals surface area contributed by atoms with Crippen molar-refractivity contribution >= 4 is 32.7 Å². The van der Waals surface area contributed by atoms with Crippen LogP contribution in [0.4, 0.5) is 10.2 Å². The molecule has 3 rings (SSSR count). The molecule has 0 spiro atoms. The van der Waals surface area contributed by atoms with Gasteiger partial charge >= 0.3 is 0 Å². The summed E-state index contributed by atoms with van der Waals surface area (Å²) in [5.41, 5.74) is 1.18. The number of nitrogens with one attached hydrogen (secondary N) is 1. The second-order valence-corrected chi connectivity index (χ2v) is 5.48. The monoisotopic (exact) mass is 345 g/mol. The number of aromatic nitrogens is 2. The molecular weight excluding hydrogens is 333 g/mol. The Hall–Kier alpha value is -2.01. The zero-order valence-corrected chi connectivity index (χ0v) is 13.0. The summed E-state index contributed by atoms with van der Waals surface area (Å²) in [4.78, 5) is 8.96. The Morgan fingerprint density at radius 2 is 1.95 bits per heavy atom. The van der Waals surface area contributed by atoms with Crippen molar-refractivity contribution in [2.75, 3.05) is 11.9 Å². The van der Waals surface area contributed by atoms with Gasteiger partial charge in [-0.1, -0.05) is 28.1 Å². The van der Waals surface area contributed by atoms with Crippen LogP contribution in [0.5, 0.6) is 0 Å². The second kappa shape index (κ2) is 5.77. The highest BCUT2D eigenvalue weighted by atomic mass is 79.9. The lowest BCUT2D eigenvalue weighted by Gasteiger charge is -2.10. The lowest BCUT2D eigenvalue weighted by Crippen LogP contribution is -2.03. The van der Waals surface area contributed by atoms with Gasteiger partial charge in [0.2, 0.25) is 0 Å². The zero-order chi connectivity index (χ0) is 14.8. The quantitative estimate of drug-likeness (QED) is 0.751. The highest BCUT2D eigenvalue weighted by Gasteiger charge is 2.12. The fourth-order valence-corrected chi connectivity index (χ4v) is 2.53. The van der Waals surface area contributed by atoms with Crippen LogP contribution in [-0.2, 0) is 0 Å². The number of benzene rings is 2. The van der Waals surface area contributed by atoms with Crippen LogP contribution in [0.15, 0.2) is 46.9 Å². The van der Waals surface area contributed by atoms with Crippen molar-refractivity contribution in [2.45, 2.75) is 6.92 Å². The molecule has 0 unspecified atom stereocenters. The molecule has 0 aliphatic carbocycles. The highest BCUT2D eigenvalue weighted by molar-refractivity contribution is 9.10. The normalized spacial score (nSPS) is 10.8. The maximum absolute atomic E-state index is 13.9. The summed E-state index contributed by atoms with van der Waals surface area (Å²) >= 11 is 3.45. The van der Waals surface area contributed by atoms with E-state index in [0.29, 0.717) is 17.2 Å². The maximum atomic E-state index is 13.9. The van der Waals surface area contributed by atoms with Crippen LogP contribution in [0.3, 0.4) is 0 Å². The average molecular weight is 346 g/mol. The molecule has 0 aliphatic rings. The van der Waals surface area contributed by atoms with Crippen LogP contribution < -0.4 is 5.32 Å². The molecule has 21 heavy (non-hydrogen) atoms. The third kappa shape index (κ3) is 2.74. The molecule has 0 fully saturated rings. The second-order valence-electron chi connectivity index (χ2n) is 4.57. The van der Waals surface area contributed by atoms with E-state index >= 15 is 0 Å². The lowest BCUT2D eigenvalue weighted by molar-refractivity contribution is 0.630. The van der Waals surface area contributed by atoms with Crippen molar-refractivity contribution in [1.82, 2.24) is 9.97 Å². The van der Waals surface area contributed by atoms with Gasteiger partial charge in [0.1, 0.15) is 11.6 Å². The van der Waals surface area contributed by atoms with Crippen LogP contribution in [0, 0.1) is 5.82 Å². The predicted molar refractivity (Wildman–Crippen MR) is 86.8 cm³/mol. The molecule has 1 heterocycles. The minimum atomic E-state index is -0.323. The molecule has 3 nitrogen and oxygen atoms in total. The fraction of sp³-hybridized carbons (Fsp3) is 0.125. The van der Waals surface area contributed by atoms with Crippen molar-refractivity contribution in [3.05, 3.63) is 52.8 Å². The van der Waals surface area contributed by atoms with Gasteiger partial charge in [-0.3, -0.25) is 0 Å². The van der Waals surface area contributed by atoms with Crippen molar-refractivity contribution in [3.8, 4) is 11.4 Å². The molecule has 0 radical (unpaired) electrons. The van der Waals surface area contributed by atoms with Crippen LogP contribution >= 0.6 is 15.9 Å². The SMILES string of the molecule is CCNc1nc(-c2ccccc2F)nc2ccc(Br)cc12. The standard InChI is InChI=1S/C16H13BrFN3/c1-2-19-15-12-9-10(17)7-8-14(12)20-16(21-15)11-5-3-4-6-13(11)18/h3-9H,2H2,1H3,(H,19,20,21). The first kappa shape index (κ1) is 13.9. The van der Waals surface area contributed by atoms with Crippen LogP contribution in [0.25, 0.3) is 22.3 Å². The Morgan fingerprint density at radius 3 is 2.71 bits per heavy atom. The molecule has 5 heteroatoms. The first-order chi connectivity index (χ1) is 10.2. The summed E-state index contributed by atoms with van der Waals surface area (Å²) in [6.45, 7) is 2.73. The van der Waals surface area contributed by atoms with Gasteiger partial charge in [0.25, 0.3) is 0 Å². The Kier molecular flexibility index (Phi) is 3.84. The van der Waals surface area contributed by atoms with E-state index in [1.165, 1.54) is 6.07 Å². The highest BCUT2D eigenvalue weighted by Crippen LogP contribution is 2.28. The van der Waals surface area contributed by atoms with Crippen molar-refractivity contribution in [3.63, 3.8) is 0 Å². The summed E-state index contributed by atoms with van der Waals surface area (Å²) in [5.74, 6) is 0.775. The van der Waals surface area contributed by atoms with Crippen molar-refractivity contribution < 1.29 is 4.39 Å². The van der Waals surface area contributed by atoms with Gasteiger partial charge in [0.15, 0.2) is 5.82 Å². The van der Waals surface area contributed by atoms with Gasteiger partial charge in [-0.15, -0.1) is 0 Å². The van der Waals surface area contributed by atoms with E-state index in [0.717, 1.165) is 21.9 Å². The van der Waals surface area contributed by atoms with Crippen LogP contribution in [-0.4, -0.2) is 16.5 Å². The molecule has 0 saturated heterocycles. The van der Waals surface area contributed by atoms with E-state index < -0.39 is 0 Å². The minimum Gasteiger partial charge on any atom is -0.370 e. The molecule has 0 aliphatic heterocycles. The topological polar surface area (TPSA) is 37.8 Å². The van der Waals surface area contributed by atoms with Gasteiger partial charge in [-0.05, 0) is 37.3 Å². The lowest BCUT2D eigenvalue weighted by atomic mass is 10.1. The number of fused-ring (bicyclic) bond motifs is 1. The smallest absolute Gasteiger partial charge is 0.165 e. The molecule has 0 saturated carbocycles. The molecule has 1 aromatic heterocycles. The summed E-state index contributed by atoms with van der Waals surface area (Å²) in [7, 11) is 0. The molecule has 3 aromatic rings. The number of rotatable bonds is 3. The van der Waals surface area contributed by atoms with Gasteiger partial charge in [0.05, 0.1) is 11.1 Å². The Balaban J connectivity index is 2.26. The van der Waals surface area contributed by atoms with Crippen molar-refractivity contribution in [2.24, 2.45) is 0 Å². The Morgan fingerprint density at radius 1 is 1.14 bits per heavy atom. The summed E-state index contributed by atoms with van der Waals surface area (Å²) in [6, 6.07) is 12.3. The predicted octanol–water partition coefficient (Wildman–Crippen LogP) is 4.63. The van der Waals surface area contributed by atoms with Gasteiger partial charge in [0, 0.05) is 16.4 Å². The van der Waals surface area contributed by atoms with Gasteiger partial charge < -0.3 is 5.32 Å². The Labute approximate surface area is 130 Å². The average Bonchev–Trinajstić information content (AvgIpc) is 2.48. The van der Waals surface area contributed by atoms with E-state index in [9.17, 15) is 4.39 Å². The molecule has 0 amide bonds. The number of nitrogens with zero attached hydrogens (tertiary/aromatic N) is 2. The largest absolute Gasteiger partial charge is 0.370 e. The van der Waals surface area contributed by atoms with E-state index in [1.54, 1.807) is 18.2 Å². The van der Waals surface area contributed by atoms with Gasteiger partial charge in [-0.25, -0.2) is 14.4 Å². The van der Waals surface area contributed by atoms with E-state index in [2.05, 4.69) is 31.2 Å². The van der Waals surface area contributed by atoms with E-state index in [-0.39, 0.29) is 5.82 Å². The van der Waals surface area contributed by atoms with E-state index in [1.807, 2.05) is 25.1 Å². The molecule has 0 bridgehead atoms. The first-order valence-electron chi connectivity index (χ1n) is 6.65. The summed E-state index contributed by atoms with van der Waals surface area (Å²) in [6.07, 6.45) is 0. The molecule has 0 atom stereocenters. The van der Waals surface area contributed by atoms with Crippen LogP contribution in [0.2, 0.25) is 0 Å². The molecular formula is C16H13BrFN3. The first-order valence-corrected chi connectivity index (χ1v) is 7.44. The summed E-state index contributed by atoms with van der Waals surface area (Å²) in [5, 5.41) is 4.12. The number of hydrogen-bond donors (Lipinski definition) is 1. The molecule has 2 aromatic carbocycles. The number of hydrogen-bond acceptors (Lipinski definition) is 3. The number of halogens is 2. The third-order valence-corrected chi connectivity index (χ3v) is 3.61. The van der Waals surface area contributed by atoms with Crippen LogP contribution in [0.1, 0.15) is 6.92 Å². The molecule has 1 N–H and O–H groups in total. The Bertz CT molecular complexity index is 805.